The van der Waals surface area contributed by atoms with Crippen LogP contribution in [0.15, 0.2) is 24.3 Å². The predicted molar refractivity (Wildman–Crippen MR) is 84.6 cm³/mol. The number of benzene rings is 2. The van der Waals surface area contributed by atoms with Crippen LogP contribution in [-0.4, -0.2) is 22.2 Å². The van der Waals surface area contributed by atoms with E-state index in [1.54, 1.807) is 39.8 Å². The molecule has 2 rings (SSSR count). The van der Waals surface area contributed by atoms with Crippen molar-refractivity contribution in [3.63, 3.8) is 0 Å². The maximum Gasteiger partial charge on any atom is 2.00 e. The van der Waals surface area contributed by atoms with Crippen LogP contribution in [0.2, 0.25) is 0 Å². The van der Waals surface area contributed by atoms with Crippen molar-refractivity contribution in [2.75, 3.05) is 0 Å². The standard InChI is InChI=1S/2C9H10O3.Zn/c2*1-5-3-4-7(9(11)12)8(10)6(5)2;/h2*3-4,10H,1-2H3,(H,11,12);/q;;+2/p-2. The summed E-state index contributed by atoms with van der Waals surface area (Å²) in [5.74, 6) is -3.10. The third-order valence-corrected chi connectivity index (χ3v) is 3.81. The summed E-state index contributed by atoms with van der Waals surface area (Å²) in [6.07, 6.45) is 0. The fraction of sp³-hybridized carbons (Fsp3) is 0.222. The van der Waals surface area contributed by atoms with E-state index < -0.39 is 11.9 Å². The summed E-state index contributed by atoms with van der Waals surface area (Å²) in [6.45, 7) is 6.82. The molecule has 0 heterocycles. The number of aryl methyl sites for hydroxylation is 2. The largest absolute Gasteiger partial charge is 2.00 e. The number of rotatable bonds is 2. The van der Waals surface area contributed by atoms with Gasteiger partial charge in [-0.05, 0) is 51.0 Å². The molecule has 2 aromatic rings. The topological polar surface area (TPSA) is 121 Å². The molecule has 0 bridgehead atoms. The Morgan fingerprint density at radius 3 is 1.24 bits per heavy atom. The average molecular weight is 396 g/mol. The normalized spacial score (nSPS) is 9.44. The van der Waals surface area contributed by atoms with E-state index in [9.17, 15) is 19.8 Å². The van der Waals surface area contributed by atoms with E-state index in [2.05, 4.69) is 0 Å². The van der Waals surface area contributed by atoms with Crippen LogP contribution in [0.25, 0.3) is 0 Å². The van der Waals surface area contributed by atoms with Gasteiger partial charge in [0.25, 0.3) is 0 Å². The van der Waals surface area contributed by atoms with Gasteiger partial charge in [0, 0.05) is 0 Å². The zero-order chi connectivity index (χ0) is 18.6. The Morgan fingerprint density at radius 1 is 0.720 bits per heavy atom. The molecular formula is C18H18O6Zn. The summed E-state index contributed by atoms with van der Waals surface area (Å²) < 4.78 is 0. The summed E-state index contributed by atoms with van der Waals surface area (Å²) in [5, 5.41) is 39.7. The first-order valence-corrected chi connectivity index (χ1v) is 7.09. The predicted octanol–water partition coefficient (Wildman–Crippen LogP) is 2.15. The molecule has 0 aliphatic heterocycles. The van der Waals surface area contributed by atoms with Crippen molar-refractivity contribution >= 4 is 11.9 Å². The summed E-state index contributed by atoms with van der Waals surface area (Å²) in [7, 11) is 0. The molecule has 7 heteroatoms. The van der Waals surface area contributed by atoms with Crippen molar-refractivity contribution in [2.45, 2.75) is 27.7 Å². The molecule has 0 spiro atoms. The molecule has 0 fully saturated rings. The SMILES string of the molecule is Cc1ccc(C(=O)O)c([O-])c1C.Cc1ccc(C(=O)O)c([O-])c1C.[Zn+2]. The van der Waals surface area contributed by atoms with Gasteiger partial charge in [0.15, 0.2) is 0 Å². The maximum atomic E-state index is 11.3. The number of carboxylic acid groups (broad SMARTS) is 2. The second kappa shape index (κ2) is 9.18. The second-order valence-electron chi connectivity index (χ2n) is 5.38. The van der Waals surface area contributed by atoms with E-state index in [0.717, 1.165) is 11.1 Å². The van der Waals surface area contributed by atoms with Gasteiger partial charge in [0.1, 0.15) is 0 Å². The summed E-state index contributed by atoms with van der Waals surface area (Å²) >= 11 is 0. The molecule has 0 radical (unpaired) electrons. The molecule has 128 valence electrons. The van der Waals surface area contributed by atoms with Crippen LogP contribution in [0.3, 0.4) is 0 Å². The van der Waals surface area contributed by atoms with E-state index in [1.807, 2.05) is 0 Å². The summed E-state index contributed by atoms with van der Waals surface area (Å²) in [4.78, 5) is 21.0. The first kappa shape index (κ1) is 22.6. The smallest absolute Gasteiger partial charge is 0.872 e. The molecule has 25 heavy (non-hydrogen) atoms. The second-order valence-corrected chi connectivity index (χ2v) is 5.38. The van der Waals surface area contributed by atoms with Crippen LogP contribution < -0.4 is 10.2 Å². The Balaban J connectivity index is 0.000000443. The minimum atomic E-state index is -1.16. The van der Waals surface area contributed by atoms with Crippen LogP contribution in [0.1, 0.15) is 43.0 Å². The average Bonchev–Trinajstić information content (AvgIpc) is 2.50. The Labute approximate surface area is 158 Å². The molecule has 0 aliphatic carbocycles. The van der Waals surface area contributed by atoms with Gasteiger partial charge in [-0.25, -0.2) is 9.59 Å². The molecule has 2 N–H and O–H groups in total. The van der Waals surface area contributed by atoms with Crippen molar-refractivity contribution in [1.82, 2.24) is 0 Å². The van der Waals surface area contributed by atoms with Gasteiger partial charge in [-0.2, -0.15) is 0 Å². The van der Waals surface area contributed by atoms with Crippen molar-refractivity contribution < 1.29 is 49.5 Å². The third kappa shape index (κ3) is 5.29. The quantitative estimate of drug-likeness (QED) is 0.751. The van der Waals surface area contributed by atoms with Crippen LogP contribution in [-0.2, 0) is 19.5 Å². The van der Waals surface area contributed by atoms with E-state index >= 15 is 0 Å². The van der Waals surface area contributed by atoms with Crippen molar-refractivity contribution in [3.8, 4) is 11.5 Å². The van der Waals surface area contributed by atoms with Crippen LogP contribution in [0, 0.1) is 27.7 Å². The molecule has 6 nitrogen and oxygen atoms in total. The molecule has 0 aliphatic rings. The van der Waals surface area contributed by atoms with Gasteiger partial charge in [0.05, 0.1) is 11.1 Å². The molecule has 0 saturated heterocycles. The van der Waals surface area contributed by atoms with Gasteiger partial charge >= 0.3 is 31.4 Å². The third-order valence-electron chi connectivity index (χ3n) is 3.81. The summed E-state index contributed by atoms with van der Waals surface area (Å²) in [5.41, 5.74) is 2.36. The van der Waals surface area contributed by atoms with Gasteiger partial charge < -0.3 is 20.4 Å². The molecule has 0 unspecified atom stereocenters. The number of carboxylic acids is 2. The van der Waals surface area contributed by atoms with E-state index in [4.69, 9.17) is 10.2 Å². The first-order chi connectivity index (χ1) is 11.1. The molecular weight excluding hydrogens is 378 g/mol. The van der Waals surface area contributed by atoms with Crippen LogP contribution >= 0.6 is 0 Å². The fourth-order valence-electron chi connectivity index (χ4n) is 1.92. The van der Waals surface area contributed by atoms with Crippen LogP contribution in [0.4, 0.5) is 0 Å². The van der Waals surface area contributed by atoms with Gasteiger partial charge in [0.2, 0.25) is 0 Å². The van der Waals surface area contributed by atoms with E-state index in [-0.39, 0.29) is 42.1 Å². The molecule has 2 aromatic carbocycles. The van der Waals surface area contributed by atoms with Gasteiger partial charge in [-0.1, -0.05) is 34.8 Å². The van der Waals surface area contributed by atoms with Gasteiger partial charge in [-0.3, -0.25) is 0 Å². The Hall–Kier alpha value is -2.40. The van der Waals surface area contributed by atoms with Crippen molar-refractivity contribution in [1.29, 1.82) is 0 Å². The minimum absolute atomic E-state index is 0. The Bertz CT molecular complexity index is 731. The molecule has 0 amide bonds. The zero-order valence-electron chi connectivity index (χ0n) is 14.5. The number of carbonyl (C=O) groups is 2. The number of hydrogen-bond acceptors (Lipinski definition) is 4. The molecule has 0 aromatic heterocycles. The zero-order valence-corrected chi connectivity index (χ0v) is 17.5. The van der Waals surface area contributed by atoms with Crippen LogP contribution in [0.5, 0.6) is 11.5 Å². The van der Waals surface area contributed by atoms with E-state index in [0.29, 0.717) is 11.1 Å². The Morgan fingerprint density at radius 2 is 1.00 bits per heavy atom. The first-order valence-electron chi connectivity index (χ1n) is 7.09. The minimum Gasteiger partial charge on any atom is -0.872 e. The fourth-order valence-corrected chi connectivity index (χ4v) is 1.92. The maximum absolute atomic E-state index is 11.3. The van der Waals surface area contributed by atoms with E-state index in [1.165, 1.54) is 12.1 Å². The molecule has 0 saturated carbocycles. The summed E-state index contributed by atoms with van der Waals surface area (Å²) in [6, 6.07) is 5.96. The van der Waals surface area contributed by atoms with Gasteiger partial charge in [-0.15, -0.1) is 0 Å². The molecule has 0 atom stereocenters. The number of hydrogen-bond donors (Lipinski definition) is 2. The van der Waals surface area contributed by atoms with Crippen molar-refractivity contribution in [2.24, 2.45) is 0 Å². The Kier molecular flexibility index (Phi) is 8.30. The number of aromatic carboxylic acids is 2. The van der Waals surface area contributed by atoms with Crippen molar-refractivity contribution in [3.05, 3.63) is 57.6 Å². The monoisotopic (exact) mass is 394 g/mol.